The van der Waals surface area contributed by atoms with Crippen LogP contribution in [-0.2, 0) is 11.2 Å². The second-order valence-electron chi connectivity index (χ2n) is 5.80. The molecule has 0 aliphatic rings. The van der Waals surface area contributed by atoms with Gasteiger partial charge in [-0.1, -0.05) is 31.2 Å². The van der Waals surface area contributed by atoms with Crippen molar-refractivity contribution in [3.8, 4) is 11.8 Å². The fraction of sp³-hybridized carbons (Fsp3) is 0.300. The molecule has 2 aromatic rings. The summed E-state index contributed by atoms with van der Waals surface area (Å²) in [4.78, 5) is 12.5. The first-order valence-electron chi connectivity index (χ1n) is 8.04. The van der Waals surface area contributed by atoms with Crippen LogP contribution in [0.4, 0.5) is 5.69 Å². The van der Waals surface area contributed by atoms with Gasteiger partial charge in [0.05, 0.1) is 12.5 Å². The normalized spacial score (nSPS) is 11.4. The Bertz CT molecular complexity index is 745. The van der Waals surface area contributed by atoms with Crippen LogP contribution in [-0.4, -0.2) is 12.0 Å². The van der Waals surface area contributed by atoms with Crippen molar-refractivity contribution >= 4 is 11.6 Å². The van der Waals surface area contributed by atoms with Gasteiger partial charge in [0, 0.05) is 5.69 Å². The molecule has 0 radical (unpaired) electrons. The molecule has 24 heavy (non-hydrogen) atoms. The summed E-state index contributed by atoms with van der Waals surface area (Å²) >= 11 is 0. The Morgan fingerprint density at radius 2 is 1.92 bits per heavy atom. The summed E-state index contributed by atoms with van der Waals surface area (Å²) in [5.74, 6) is 0.563. The van der Waals surface area contributed by atoms with Gasteiger partial charge in [-0.25, -0.2) is 0 Å². The van der Waals surface area contributed by atoms with Gasteiger partial charge >= 0.3 is 0 Å². The summed E-state index contributed by atoms with van der Waals surface area (Å²) < 4.78 is 5.92. The molecular weight excluding hydrogens is 300 g/mol. The molecule has 2 aromatic carbocycles. The number of nitriles is 1. The molecule has 124 valence electrons. The highest BCUT2D eigenvalue weighted by Gasteiger charge is 2.19. The molecule has 0 aliphatic carbocycles. The third kappa shape index (κ3) is 4.60. The fourth-order valence-electron chi connectivity index (χ4n) is 2.33. The molecule has 4 heteroatoms. The maximum absolute atomic E-state index is 12.5. The number of rotatable bonds is 6. The van der Waals surface area contributed by atoms with Gasteiger partial charge in [-0.05, 0) is 55.2 Å². The summed E-state index contributed by atoms with van der Waals surface area (Å²) in [6.45, 7) is 5.88. The number of aryl methyl sites for hydroxylation is 2. The molecule has 0 saturated carbocycles. The van der Waals surface area contributed by atoms with E-state index in [0.29, 0.717) is 18.5 Å². The van der Waals surface area contributed by atoms with Crippen molar-refractivity contribution in [3.63, 3.8) is 0 Å². The number of anilines is 1. The largest absolute Gasteiger partial charge is 0.480 e. The van der Waals surface area contributed by atoms with E-state index in [1.807, 2.05) is 51.1 Å². The van der Waals surface area contributed by atoms with Crippen LogP contribution in [0, 0.1) is 25.2 Å². The van der Waals surface area contributed by atoms with E-state index >= 15 is 0 Å². The van der Waals surface area contributed by atoms with E-state index in [1.54, 1.807) is 12.1 Å². The molecule has 0 heterocycles. The van der Waals surface area contributed by atoms with Crippen LogP contribution in [0.2, 0.25) is 0 Å². The molecule has 1 atom stereocenters. The Balaban J connectivity index is 2.05. The molecule has 0 saturated heterocycles. The van der Waals surface area contributed by atoms with E-state index in [9.17, 15) is 4.79 Å². The standard InChI is InChI=1S/C20H22N2O2/c1-4-18(24-19-13-14(2)5-6-15(19)3)20(23)22-17-9-7-16(8-10-17)11-12-21/h5-10,13,18H,4,11H2,1-3H3,(H,22,23)/t18-/m0/s1. The van der Waals surface area contributed by atoms with Crippen molar-refractivity contribution in [1.29, 1.82) is 5.26 Å². The van der Waals surface area contributed by atoms with Crippen LogP contribution >= 0.6 is 0 Å². The minimum Gasteiger partial charge on any atom is -0.480 e. The van der Waals surface area contributed by atoms with Crippen molar-refractivity contribution in [2.75, 3.05) is 5.32 Å². The van der Waals surface area contributed by atoms with Crippen LogP contribution < -0.4 is 10.1 Å². The zero-order valence-electron chi connectivity index (χ0n) is 14.3. The molecule has 0 spiro atoms. The molecule has 0 aliphatic heterocycles. The number of ether oxygens (including phenoxy) is 1. The molecular formula is C20H22N2O2. The summed E-state index contributed by atoms with van der Waals surface area (Å²) in [5.41, 5.74) is 3.73. The second-order valence-corrected chi connectivity index (χ2v) is 5.80. The lowest BCUT2D eigenvalue weighted by molar-refractivity contribution is -0.122. The Labute approximate surface area is 143 Å². The Hall–Kier alpha value is -2.80. The molecule has 0 bridgehead atoms. The maximum Gasteiger partial charge on any atom is 0.265 e. The van der Waals surface area contributed by atoms with Gasteiger partial charge in [0.2, 0.25) is 0 Å². The van der Waals surface area contributed by atoms with Gasteiger partial charge in [0.25, 0.3) is 5.91 Å². The smallest absolute Gasteiger partial charge is 0.265 e. The van der Waals surface area contributed by atoms with E-state index in [1.165, 1.54) is 0 Å². The number of hydrogen-bond donors (Lipinski definition) is 1. The van der Waals surface area contributed by atoms with E-state index < -0.39 is 6.10 Å². The second kappa shape index (κ2) is 8.16. The molecule has 0 aromatic heterocycles. The number of carbonyl (C=O) groups excluding carboxylic acids is 1. The highest BCUT2D eigenvalue weighted by molar-refractivity contribution is 5.94. The fourth-order valence-corrected chi connectivity index (χ4v) is 2.33. The van der Waals surface area contributed by atoms with E-state index in [-0.39, 0.29) is 5.91 Å². The van der Waals surface area contributed by atoms with Gasteiger partial charge in [0.15, 0.2) is 6.10 Å². The first kappa shape index (κ1) is 17.6. The van der Waals surface area contributed by atoms with Crippen LogP contribution in [0.5, 0.6) is 5.75 Å². The average molecular weight is 322 g/mol. The number of nitrogens with zero attached hydrogens (tertiary/aromatic N) is 1. The van der Waals surface area contributed by atoms with Crippen molar-refractivity contribution in [3.05, 3.63) is 59.2 Å². The van der Waals surface area contributed by atoms with Crippen molar-refractivity contribution < 1.29 is 9.53 Å². The lowest BCUT2D eigenvalue weighted by atomic mass is 10.1. The van der Waals surface area contributed by atoms with E-state index in [2.05, 4.69) is 11.4 Å². The maximum atomic E-state index is 12.5. The van der Waals surface area contributed by atoms with Crippen LogP contribution in [0.1, 0.15) is 30.0 Å². The number of amides is 1. The summed E-state index contributed by atoms with van der Waals surface area (Å²) in [5, 5.41) is 11.6. The molecule has 0 fully saturated rings. The van der Waals surface area contributed by atoms with E-state index in [0.717, 1.165) is 22.4 Å². The SMILES string of the molecule is CC[C@H](Oc1cc(C)ccc1C)C(=O)Nc1ccc(CC#N)cc1. The number of nitrogens with one attached hydrogen (secondary N) is 1. The van der Waals surface area contributed by atoms with Gasteiger partial charge in [-0.2, -0.15) is 5.26 Å². The lowest BCUT2D eigenvalue weighted by Crippen LogP contribution is -2.32. The minimum absolute atomic E-state index is 0.175. The third-order valence-corrected chi connectivity index (χ3v) is 3.78. The van der Waals surface area contributed by atoms with Gasteiger partial charge < -0.3 is 10.1 Å². The molecule has 0 unspecified atom stereocenters. The van der Waals surface area contributed by atoms with Gasteiger partial charge in [-0.3, -0.25) is 4.79 Å². The number of carbonyl (C=O) groups is 1. The van der Waals surface area contributed by atoms with Crippen molar-refractivity contribution in [2.45, 2.75) is 39.7 Å². The van der Waals surface area contributed by atoms with Gasteiger partial charge in [0.1, 0.15) is 5.75 Å². The van der Waals surface area contributed by atoms with Crippen LogP contribution in [0.3, 0.4) is 0 Å². The summed E-state index contributed by atoms with van der Waals surface area (Å²) in [6, 6.07) is 15.3. The molecule has 1 N–H and O–H groups in total. The summed E-state index contributed by atoms with van der Waals surface area (Å²) in [7, 11) is 0. The predicted molar refractivity (Wildman–Crippen MR) is 95.0 cm³/mol. The lowest BCUT2D eigenvalue weighted by Gasteiger charge is -2.19. The highest BCUT2D eigenvalue weighted by atomic mass is 16.5. The van der Waals surface area contributed by atoms with Gasteiger partial charge in [-0.15, -0.1) is 0 Å². The monoisotopic (exact) mass is 322 g/mol. The highest BCUT2D eigenvalue weighted by Crippen LogP contribution is 2.22. The van der Waals surface area contributed by atoms with Crippen molar-refractivity contribution in [2.24, 2.45) is 0 Å². The first-order valence-corrected chi connectivity index (χ1v) is 8.04. The Kier molecular flexibility index (Phi) is 5.97. The molecule has 4 nitrogen and oxygen atoms in total. The first-order chi connectivity index (χ1) is 11.5. The molecule has 2 rings (SSSR count). The minimum atomic E-state index is -0.552. The Morgan fingerprint density at radius 3 is 2.54 bits per heavy atom. The van der Waals surface area contributed by atoms with Crippen LogP contribution in [0.25, 0.3) is 0 Å². The van der Waals surface area contributed by atoms with Crippen LogP contribution in [0.15, 0.2) is 42.5 Å². The summed E-state index contributed by atoms with van der Waals surface area (Å²) in [6.07, 6.45) is 0.386. The number of benzene rings is 2. The topological polar surface area (TPSA) is 62.1 Å². The predicted octanol–water partition coefficient (Wildman–Crippen LogP) is 4.17. The zero-order chi connectivity index (χ0) is 17.5. The Morgan fingerprint density at radius 1 is 1.21 bits per heavy atom. The quantitative estimate of drug-likeness (QED) is 0.868. The zero-order valence-corrected chi connectivity index (χ0v) is 14.3. The average Bonchev–Trinajstić information content (AvgIpc) is 2.57. The van der Waals surface area contributed by atoms with E-state index in [4.69, 9.17) is 10.00 Å². The number of hydrogen-bond acceptors (Lipinski definition) is 3. The van der Waals surface area contributed by atoms with Crippen molar-refractivity contribution in [1.82, 2.24) is 0 Å². The molecule has 1 amide bonds. The third-order valence-electron chi connectivity index (χ3n) is 3.78.